The van der Waals surface area contributed by atoms with Crippen LogP contribution in [0.25, 0.3) is 0 Å². The standard InChI is InChI=1S/C19H22N2O2.ClH/c1-13(20-12-14-5-3-2-4-6-14)19(23)16-7-9-17-15(11-16)8-10-18(22)21-17;/h2-7,9,11,13,19-20,23H,8,10,12H2,1H3,(H,21,22);1H. The van der Waals surface area contributed by atoms with Crippen LogP contribution in [0, 0.1) is 0 Å². The second kappa shape index (κ2) is 8.29. The molecule has 0 saturated heterocycles. The number of carbonyl (C=O) groups excluding carboxylic acids is 1. The average molecular weight is 347 g/mol. The zero-order chi connectivity index (χ0) is 16.2. The van der Waals surface area contributed by atoms with Gasteiger partial charge in [-0.1, -0.05) is 42.5 Å². The molecular formula is C19H23ClN2O2. The van der Waals surface area contributed by atoms with Gasteiger partial charge >= 0.3 is 0 Å². The van der Waals surface area contributed by atoms with Gasteiger partial charge in [0.15, 0.2) is 0 Å². The van der Waals surface area contributed by atoms with E-state index in [1.165, 1.54) is 5.56 Å². The van der Waals surface area contributed by atoms with E-state index in [9.17, 15) is 9.90 Å². The number of hydrogen-bond acceptors (Lipinski definition) is 3. The van der Waals surface area contributed by atoms with Gasteiger partial charge in [0, 0.05) is 24.7 Å². The van der Waals surface area contributed by atoms with Gasteiger partial charge in [-0.2, -0.15) is 0 Å². The van der Waals surface area contributed by atoms with Crippen LogP contribution in [0.5, 0.6) is 0 Å². The van der Waals surface area contributed by atoms with E-state index in [2.05, 4.69) is 22.8 Å². The summed E-state index contributed by atoms with van der Waals surface area (Å²) in [6.07, 6.45) is 0.656. The molecule has 2 atom stereocenters. The van der Waals surface area contributed by atoms with Crippen molar-refractivity contribution in [3.8, 4) is 0 Å². The van der Waals surface area contributed by atoms with Gasteiger partial charge in [0.2, 0.25) is 5.91 Å². The summed E-state index contributed by atoms with van der Waals surface area (Å²) in [5.74, 6) is 0.0590. The van der Waals surface area contributed by atoms with Crippen molar-refractivity contribution < 1.29 is 9.90 Å². The number of hydrogen-bond donors (Lipinski definition) is 3. The molecule has 0 aromatic heterocycles. The van der Waals surface area contributed by atoms with Crippen molar-refractivity contribution in [1.82, 2.24) is 5.32 Å². The van der Waals surface area contributed by atoms with E-state index in [1.54, 1.807) is 0 Å². The van der Waals surface area contributed by atoms with Crippen molar-refractivity contribution >= 4 is 24.0 Å². The summed E-state index contributed by atoms with van der Waals surface area (Å²) in [4.78, 5) is 11.4. The lowest BCUT2D eigenvalue weighted by molar-refractivity contribution is -0.116. The molecule has 1 aliphatic heterocycles. The van der Waals surface area contributed by atoms with Crippen LogP contribution in [0.15, 0.2) is 48.5 Å². The lowest BCUT2D eigenvalue weighted by Crippen LogP contribution is -2.32. The first-order valence-corrected chi connectivity index (χ1v) is 8.01. The maximum Gasteiger partial charge on any atom is 0.224 e. The van der Waals surface area contributed by atoms with E-state index in [-0.39, 0.29) is 24.4 Å². The first kappa shape index (κ1) is 18.5. The van der Waals surface area contributed by atoms with E-state index in [1.807, 2.05) is 43.3 Å². The van der Waals surface area contributed by atoms with Gasteiger partial charge in [-0.25, -0.2) is 0 Å². The van der Waals surface area contributed by atoms with E-state index in [0.717, 1.165) is 29.8 Å². The minimum absolute atomic E-state index is 0. The van der Waals surface area contributed by atoms with Gasteiger partial charge in [0.1, 0.15) is 0 Å². The summed E-state index contributed by atoms with van der Waals surface area (Å²) >= 11 is 0. The van der Waals surface area contributed by atoms with Crippen molar-refractivity contribution in [2.24, 2.45) is 0 Å². The van der Waals surface area contributed by atoms with Gasteiger partial charge in [-0.05, 0) is 36.1 Å². The highest BCUT2D eigenvalue weighted by molar-refractivity contribution is 5.93. The molecule has 2 unspecified atom stereocenters. The highest BCUT2D eigenvalue weighted by Crippen LogP contribution is 2.27. The van der Waals surface area contributed by atoms with Crippen molar-refractivity contribution in [2.45, 2.75) is 38.5 Å². The molecule has 1 heterocycles. The monoisotopic (exact) mass is 346 g/mol. The lowest BCUT2D eigenvalue weighted by atomic mass is 9.96. The molecule has 0 aliphatic carbocycles. The van der Waals surface area contributed by atoms with Crippen LogP contribution >= 0.6 is 12.4 Å². The maximum absolute atomic E-state index is 11.4. The van der Waals surface area contributed by atoms with Crippen LogP contribution in [-0.4, -0.2) is 17.1 Å². The molecule has 0 saturated carbocycles. The van der Waals surface area contributed by atoms with Crippen LogP contribution in [0.4, 0.5) is 5.69 Å². The van der Waals surface area contributed by atoms with E-state index in [4.69, 9.17) is 0 Å². The Hall–Kier alpha value is -1.88. The zero-order valence-corrected chi connectivity index (χ0v) is 14.5. The highest BCUT2D eigenvalue weighted by Gasteiger charge is 2.20. The topological polar surface area (TPSA) is 61.4 Å². The lowest BCUT2D eigenvalue weighted by Gasteiger charge is -2.23. The number of rotatable bonds is 5. The van der Waals surface area contributed by atoms with Crippen molar-refractivity contribution in [3.63, 3.8) is 0 Å². The SMILES string of the molecule is CC(NCc1ccccc1)C(O)c1ccc2c(c1)CCC(=O)N2.Cl. The molecule has 3 rings (SSSR count). The number of anilines is 1. The van der Waals surface area contributed by atoms with Crippen LogP contribution in [0.2, 0.25) is 0 Å². The fourth-order valence-electron chi connectivity index (χ4n) is 2.86. The Bertz CT molecular complexity index is 691. The number of halogens is 1. The molecule has 5 heteroatoms. The third kappa shape index (κ3) is 4.35. The predicted molar refractivity (Wildman–Crippen MR) is 98.3 cm³/mol. The molecule has 1 amide bonds. The van der Waals surface area contributed by atoms with Gasteiger partial charge in [-0.15, -0.1) is 12.4 Å². The Morgan fingerprint density at radius 1 is 1.17 bits per heavy atom. The molecular weight excluding hydrogens is 324 g/mol. The largest absolute Gasteiger partial charge is 0.387 e. The molecule has 0 radical (unpaired) electrons. The quantitative estimate of drug-likeness (QED) is 0.779. The number of carbonyl (C=O) groups is 1. The fraction of sp³-hybridized carbons (Fsp3) is 0.316. The van der Waals surface area contributed by atoms with Crippen LogP contribution in [0.1, 0.15) is 36.1 Å². The molecule has 2 aromatic rings. The highest BCUT2D eigenvalue weighted by atomic mass is 35.5. The summed E-state index contributed by atoms with van der Waals surface area (Å²) in [6, 6.07) is 15.8. The third-order valence-corrected chi connectivity index (χ3v) is 4.31. The molecule has 0 bridgehead atoms. The molecule has 128 valence electrons. The van der Waals surface area contributed by atoms with Crippen LogP contribution in [-0.2, 0) is 17.8 Å². The number of nitrogens with one attached hydrogen (secondary N) is 2. The van der Waals surface area contributed by atoms with Gasteiger partial charge in [-0.3, -0.25) is 4.79 Å². The summed E-state index contributed by atoms with van der Waals surface area (Å²) in [7, 11) is 0. The molecule has 3 N–H and O–H groups in total. The number of amides is 1. The zero-order valence-electron chi connectivity index (χ0n) is 13.7. The second-order valence-corrected chi connectivity index (χ2v) is 6.06. The summed E-state index contributed by atoms with van der Waals surface area (Å²) in [5.41, 5.74) is 4.03. The second-order valence-electron chi connectivity index (χ2n) is 6.06. The van der Waals surface area contributed by atoms with Crippen LogP contribution < -0.4 is 10.6 Å². The van der Waals surface area contributed by atoms with Crippen molar-refractivity contribution in [2.75, 3.05) is 5.32 Å². The average Bonchev–Trinajstić information content (AvgIpc) is 2.59. The van der Waals surface area contributed by atoms with E-state index < -0.39 is 6.10 Å². The van der Waals surface area contributed by atoms with Crippen LogP contribution in [0.3, 0.4) is 0 Å². The molecule has 0 spiro atoms. The molecule has 0 fully saturated rings. The van der Waals surface area contributed by atoms with E-state index >= 15 is 0 Å². The summed E-state index contributed by atoms with van der Waals surface area (Å²) < 4.78 is 0. The number of fused-ring (bicyclic) bond motifs is 1. The molecule has 4 nitrogen and oxygen atoms in total. The van der Waals surface area contributed by atoms with Crippen molar-refractivity contribution in [3.05, 3.63) is 65.2 Å². The van der Waals surface area contributed by atoms with E-state index in [0.29, 0.717) is 6.42 Å². The smallest absolute Gasteiger partial charge is 0.224 e. The van der Waals surface area contributed by atoms with Gasteiger partial charge in [0.25, 0.3) is 0 Å². The normalized spacial score (nSPS) is 15.7. The molecule has 1 aliphatic rings. The first-order chi connectivity index (χ1) is 11.1. The van der Waals surface area contributed by atoms with Gasteiger partial charge in [0.05, 0.1) is 6.10 Å². The maximum atomic E-state index is 11.4. The third-order valence-electron chi connectivity index (χ3n) is 4.31. The minimum atomic E-state index is -0.582. The molecule has 2 aromatic carbocycles. The summed E-state index contributed by atoms with van der Waals surface area (Å²) in [6.45, 7) is 2.70. The minimum Gasteiger partial charge on any atom is -0.387 e. The number of benzene rings is 2. The first-order valence-electron chi connectivity index (χ1n) is 8.01. The number of aliphatic hydroxyl groups is 1. The Balaban J connectivity index is 0.00000208. The predicted octanol–water partition coefficient (Wildman–Crippen LogP) is 3.20. The number of aryl methyl sites for hydroxylation is 1. The summed E-state index contributed by atoms with van der Waals surface area (Å²) in [5, 5.41) is 16.8. The van der Waals surface area contributed by atoms with Crippen molar-refractivity contribution in [1.29, 1.82) is 0 Å². The fourth-order valence-corrected chi connectivity index (χ4v) is 2.86. The Morgan fingerprint density at radius 2 is 1.92 bits per heavy atom. The number of aliphatic hydroxyl groups excluding tert-OH is 1. The molecule has 24 heavy (non-hydrogen) atoms. The Morgan fingerprint density at radius 3 is 2.67 bits per heavy atom. The van der Waals surface area contributed by atoms with Gasteiger partial charge < -0.3 is 15.7 Å². The Labute approximate surface area is 148 Å². The Kier molecular flexibility index (Phi) is 6.37.